The number of imidazole rings is 2. The van der Waals surface area contributed by atoms with E-state index in [4.69, 9.17) is 24.2 Å². The lowest BCUT2D eigenvalue weighted by atomic mass is 10.0. The minimum absolute atomic E-state index is 0.0478. The van der Waals surface area contributed by atoms with Crippen LogP contribution < -0.4 is 10.6 Å². The highest BCUT2D eigenvalue weighted by Crippen LogP contribution is 2.37. The molecule has 4 N–H and O–H groups in total. The second-order valence-corrected chi connectivity index (χ2v) is 17.1. The van der Waals surface area contributed by atoms with Gasteiger partial charge in [-0.05, 0) is 59.1 Å². The van der Waals surface area contributed by atoms with E-state index < -0.39 is 36.3 Å². The summed E-state index contributed by atoms with van der Waals surface area (Å²) in [6.45, 7) is 0.988. The molecule has 0 spiro atoms. The Bertz CT molecular complexity index is 2940. The van der Waals surface area contributed by atoms with E-state index in [9.17, 15) is 24.0 Å². The van der Waals surface area contributed by atoms with Gasteiger partial charge in [-0.2, -0.15) is 0 Å². The van der Waals surface area contributed by atoms with Crippen molar-refractivity contribution < 1.29 is 38.2 Å². The summed E-state index contributed by atoms with van der Waals surface area (Å²) >= 11 is 0. The molecule has 0 unspecified atom stereocenters. The van der Waals surface area contributed by atoms with E-state index in [-0.39, 0.29) is 30.2 Å². The highest BCUT2D eigenvalue weighted by Gasteiger charge is 2.39. The molecule has 9 rings (SSSR count). The van der Waals surface area contributed by atoms with E-state index in [1.165, 1.54) is 14.2 Å². The Balaban J connectivity index is 0.938. The molecule has 5 aromatic carbocycles. The Kier molecular flexibility index (Phi) is 14.1. The smallest absolute Gasteiger partial charge is 0.407 e. The number of rotatable bonds is 14. The van der Waals surface area contributed by atoms with Gasteiger partial charge in [0.2, 0.25) is 0 Å². The Hall–Kier alpha value is -8.53. The maximum absolute atomic E-state index is 14.3. The van der Waals surface area contributed by atoms with Crippen LogP contribution in [0.1, 0.15) is 88.7 Å². The van der Waals surface area contributed by atoms with Gasteiger partial charge in [0.1, 0.15) is 30.3 Å². The van der Waals surface area contributed by atoms with Crippen molar-refractivity contribution in [3.63, 3.8) is 0 Å². The molecule has 2 aliphatic rings. The number of carbonyl (C=O) groups is 5. The molecule has 4 atom stereocenters. The van der Waals surface area contributed by atoms with E-state index in [1.807, 2.05) is 103 Å². The van der Waals surface area contributed by atoms with E-state index in [2.05, 4.69) is 20.6 Å². The number of esters is 1. The number of likely N-dealkylation sites (tertiary alicyclic amines) is 2. The average molecular weight is 941 g/mol. The first-order valence-electron chi connectivity index (χ1n) is 23.2. The van der Waals surface area contributed by atoms with E-state index in [0.29, 0.717) is 66.4 Å². The molecular weight excluding hydrogens is 889 g/mol. The van der Waals surface area contributed by atoms with Crippen LogP contribution in [0, 0.1) is 0 Å². The third-order valence-electron chi connectivity index (χ3n) is 12.8. The summed E-state index contributed by atoms with van der Waals surface area (Å²) in [5.74, 6) is -0.0964. The van der Waals surface area contributed by atoms with Gasteiger partial charge in [0, 0.05) is 18.7 Å². The number of H-pyrrole nitrogens is 2. The molecule has 2 fully saturated rings. The van der Waals surface area contributed by atoms with Crippen molar-refractivity contribution >= 4 is 30.0 Å². The predicted octanol–water partition coefficient (Wildman–Crippen LogP) is 9.01. The molecule has 4 heterocycles. The van der Waals surface area contributed by atoms with E-state index in [1.54, 1.807) is 52.4 Å². The van der Waals surface area contributed by atoms with Gasteiger partial charge in [-0.1, -0.05) is 140 Å². The topological polar surface area (TPSA) is 201 Å². The van der Waals surface area contributed by atoms with Crippen molar-refractivity contribution in [1.82, 2.24) is 40.4 Å². The SMILES string of the molecule is COC(=O)N[C@@H](C(=O)N1CCC[C@H]1c1ncc(-c2ccc(-c3ccc(-c4[nH]c([C@@H]5CCCN5C(=O)[C@H](NC(=O)OC)c5ccccc5)nc4C(=O)OCc4ccccc4)cc3)cc2)[nH]1)c1ccccc1. The molecule has 0 bridgehead atoms. The monoisotopic (exact) mass is 940 g/mol. The summed E-state index contributed by atoms with van der Waals surface area (Å²) in [5.41, 5.74) is 6.90. The number of carbonyl (C=O) groups excluding carboxylic acids is 5. The number of hydrogen-bond donors (Lipinski definition) is 4. The molecule has 70 heavy (non-hydrogen) atoms. The Labute approximate surface area is 404 Å². The van der Waals surface area contributed by atoms with Gasteiger partial charge in [-0.15, -0.1) is 0 Å². The van der Waals surface area contributed by atoms with E-state index in [0.717, 1.165) is 34.4 Å². The number of amides is 4. The fourth-order valence-electron chi connectivity index (χ4n) is 9.20. The summed E-state index contributed by atoms with van der Waals surface area (Å²) in [7, 11) is 2.52. The number of aromatic nitrogens is 4. The van der Waals surface area contributed by atoms with Crippen molar-refractivity contribution in [3.8, 4) is 33.6 Å². The van der Waals surface area contributed by atoms with Crippen molar-refractivity contribution in [1.29, 1.82) is 0 Å². The molecule has 16 nitrogen and oxygen atoms in total. The maximum Gasteiger partial charge on any atom is 0.407 e. The number of nitrogens with one attached hydrogen (secondary N) is 4. The molecule has 16 heteroatoms. The molecule has 0 saturated carbocycles. The zero-order chi connectivity index (χ0) is 48.6. The molecule has 7 aromatic rings. The van der Waals surface area contributed by atoms with Crippen LogP contribution in [-0.2, 0) is 30.4 Å². The number of nitrogens with zero attached hydrogens (tertiary/aromatic N) is 4. The zero-order valence-electron chi connectivity index (χ0n) is 38.7. The van der Waals surface area contributed by atoms with Crippen LogP contribution in [0.3, 0.4) is 0 Å². The quantitative estimate of drug-likeness (QED) is 0.0602. The van der Waals surface area contributed by atoms with Gasteiger partial charge < -0.3 is 44.6 Å². The van der Waals surface area contributed by atoms with Gasteiger partial charge >= 0.3 is 18.2 Å². The van der Waals surface area contributed by atoms with Gasteiger partial charge in [-0.25, -0.2) is 24.4 Å². The lowest BCUT2D eigenvalue weighted by Crippen LogP contribution is -2.42. The molecule has 2 aromatic heterocycles. The standard InChI is InChI=1S/C54H52N8O8/c1-68-53(66)59-45(38-16-8-4-9-17-38)50(63)61-30-12-20-42(61)48-55-32-41(56-48)37-26-22-35(23-27-37)36-24-28-40(29-25-36)44-47(52(65)70-33-34-14-6-3-7-15-34)58-49(57-44)43-21-13-31-62(43)51(64)46(60-54(67)69-2)39-18-10-5-11-19-39/h3-11,14-19,22-29,32,42-43,45-46H,12-13,20-21,30-31,33H2,1-2H3,(H,55,56)(H,57,58)(H,59,66)(H,60,67)/t42-,43-,45+,46+/m0/s1. The van der Waals surface area contributed by atoms with Gasteiger partial charge in [0.25, 0.3) is 11.8 Å². The maximum atomic E-state index is 14.3. The largest absolute Gasteiger partial charge is 0.456 e. The van der Waals surface area contributed by atoms with Crippen LogP contribution in [0.4, 0.5) is 9.59 Å². The van der Waals surface area contributed by atoms with Crippen LogP contribution in [-0.4, -0.2) is 87.0 Å². The van der Waals surface area contributed by atoms with Crippen molar-refractivity contribution in [3.05, 3.63) is 180 Å². The Morgan fingerprint density at radius 2 is 1.07 bits per heavy atom. The molecule has 2 saturated heterocycles. The normalized spacial score (nSPS) is 16.3. The van der Waals surface area contributed by atoms with Crippen molar-refractivity contribution in [2.45, 2.75) is 56.5 Å². The Morgan fingerprint density at radius 1 is 0.600 bits per heavy atom. The first-order valence-corrected chi connectivity index (χ1v) is 23.2. The average Bonchev–Trinajstić information content (AvgIpc) is 4.27. The van der Waals surface area contributed by atoms with Crippen molar-refractivity contribution in [2.75, 3.05) is 27.3 Å². The van der Waals surface area contributed by atoms with Crippen LogP contribution in [0.15, 0.2) is 146 Å². The summed E-state index contributed by atoms with van der Waals surface area (Å²) in [6, 6.07) is 40.6. The fourth-order valence-corrected chi connectivity index (χ4v) is 9.20. The molecule has 356 valence electrons. The van der Waals surface area contributed by atoms with Crippen molar-refractivity contribution in [2.24, 2.45) is 0 Å². The van der Waals surface area contributed by atoms with Crippen LogP contribution in [0.2, 0.25) is 0 Å². The van der Waals surface area contributed by atoms with Gasteiger partial charge in [0.05, 0.1) is 43.9 Å². The minimum Gasteiger partial charge on any atom is -0.456 e. The van der Waals surface area contributed by atoms with Crippen LogP contribution in [0.25, 0.3) is 33.6 Å². The predicted molar refractivity (Wildman–Crippen MR) is 259 cm³/mol. The summed E-state index contributed by atoms with van der Waals surface area (Å²) < 4.78 is 15.5. The lowest BCUT2D eigenvalue weighted by molar-refractivity contribution is -0.135. The minimum atomic E-state index is -1.00. The third kappa shape index (κ3) is 10.2. The van der Waals surface area contributed by atoms with Gasteiger partial charge in [-0.3, -0.25) is 9.59 Å². The van der Waals surface area contributed by atoms with Crippen LogP contribution in [0.5, 0.6) is 0 Å². The number of benzene rings is 5. The van der Waals surface area contributed by atoms with Gasteiger partial charge in [0.15, 0.2) is 5.69 Å². The number of methoxy groups -OCH3 is 2. The first kappa shape index (κ1) is 46.6. The van der Waals surface area contributed by atoms with E-state index >= 15 is 0 Å². The number of hydrogen-bond acceptors (Lipinski definition) is 10. The number of alkyl carbamates (subject to hydrolysis) is 2. The molecular formula is C54H52N8O8. The summed E-state index contributed by atoms with van der Waals surface area (Å²) in [4.78, 5) is 86.8. The second kappa shape index (κ2) is 21.2. The highest BCUT2D eigenvalue weighted by molar-refractivity contribution is 5.95. The first-order chi connectivity index (χ1) is 34.2. The number of aromatic amines is 2. The molecule has 0 aliphatic carbocycles. The third-order valence-corrected chi connectivity index (χ3v) is 12.8. The number of ether oxygens (including phenoxy) is 3. The fraction of sp³-hybridized carbons (Fsp3) is 0.241. The highest BCUT2D eigenvalue weighted by atomic mass is 16.5. The molecule has 4 amide bonds. The summed E-state index contributed by atoms with van der Waals surface area (Å²) in [5, 5.41) is 5.41. The molecule has 0 radical (unpaired) electrons. The molecule has 2 aliphatic heterocycles. The lowest BCUT2D eigenvalue weighted by Gasteiger charge is -2.28. The Morgan fingerprint density at radius 3 is 1.59 bits per heavy atom. The second-order valence-electron chi connectivity index (χ2n) is 17.1. The van der Waals surface area contributed by atoms with Crippen LogP contribution >= 0.6 is 0 Å². The zero-order valence-corrected chi connectivity index (χ0v) is 38.7. The summed E-state index contributed by atoms with van der Waals surface area (Å²) in [6.07, 6.45) is 3.11.